The maximum absolute atomic E-state index is 14.0. The van der Waals surface area contributed by atoms with Crippen molar-refractivity contribution < 1.29 is 68.5 Å². The number of aromatic nitrogens is 9. The fraction of sp³-hybridized carbons (Fsp3) is 0.233. The molecule has 0 aliphatic rings. The Morgan fingerprint density at radius 2 is 0.802 bits per heavy atom. The minimum absolute atomic E-state index is 0. The zero-order valence-corrected chi connectivity index (χ0v) is 71.1. The van der Waals surface area contributed by atoms with E-state index in [2.05, 4.69) is 54.2 Å². The normalized spacial score (nSPS) is 11.4. The second-order valence-electron chi connectivity index (χ2n) is 27.1. The number of methoxy groups -OCH3 is 6. The molecule has 2 unspecified atom stereocenters. The van der Waals surface area contributed by atoms with Crippen molar-refractivity contribution in [3.05, 3.63) is 341 Å². The predicted octanol–water partition coefficient (Wildman–Crippen LogP) is 16.3. The Bertz CT molecular complexity index is 6070. The first kappa shape index (κ1) is 94.0. The zero-order valence-electron chi connectivity index (χ0n) is 67.9. The van der Waals surface area contributed by atoms with Gasteiger partial charge in [0, 0.05) is 77.0 Å². The van der Waals surface area contributed by atoms with E-state index in [1.165, 1.54) is 64.8 Å². The van der Waals surface area contributed by atoms with Crippen LogP contribution in [0.15, 0.2) is 274 Å². The summed E-state index contributed by atoms with van der Waals surface area (Å²) in [6, 6.07) is 69.9. The number of sulfone groups is 2. The number of aromatic amines is 1. The van der Waals surface area contributed by atoms with Crippen LogP contribution in [-0.2, 0) is 68.7 Å². The van der Waals surface area contributed by atoms with Crippen molar-refractivity contribution in [2.75, 3.05) is 60.5 Å². The fourth-order valence-corrected chi connectivity index (χ4v) is 14.6. The van der Waals surface area contributed by atoms with Crippen molar-refractivity contribution in [2.24, 2.45) is 0 Å². The van der Waals surface area contributed by atoms with Crippen LogP contribution in [0.25, 0.3) is 33.8 Å². The molecule has 121 heavy (non-hydrogen) atoms. The lowest BCUT2D eigenvalue weighted by atomic mass is 10.1. The number of H-pyrrole nitrogens is 1. The Balaban J connectivity index is 0.000000211. The lowest BCUT2D eigenvalue weighted by Gasteiger charge is -2.19. The van der Waals surface area contributed by atoms with Gasteiger partial charge in [0.05, 0.1) is 116 Å². The van der Waals surface area contributed by atoms with E-state index < -0.39 is 37.6 Å². The van der Waals surface area contributed by atoms with E-state index in [0.717, 1.165) is 57.4 Å². The van der Waals surface area contributed by atoms with Crippen LogP contribution in [0.4, 0.5) is 13.8 Å². The number of benzene rings is 7. The SMILES string of the molecule is COc1ccc(Cn2cc(-c3cc(C)[nH]c(=S)n3)ccc2=O)cc1OC.COc1ccc(Cn2cc(-c3cc(C)nc(S(C)(=O)=O)n3)ccc2=O)cc1OC.COc1ccc(Cn2cc(-c3cc(CF)nc(S(=O)(=O)CCC(OCc4ccccc4)c4ccccc4)n3)ccc2=O)cc1OC.ClCCC(OCc1ccccc1)c1ccccc1.F.F. The maximum atomic E-state index is 14.0. The summed E-state index contributed by atoms with van der Waals surface area (Å²) in [6.45, 7) is 4.45. The Labute approximate surface area is 709 Å². The third-order valence-electron chi connectivity index (χ3n) is 18.4. The molecule has 0 aliphatic carbocycles. The van der Waals surface area contributed by atoms with Gasteiger partial charge in [-0.3, -0.25) is 23.8 Å². The minimum Gasteiger partial charge on any atom is -0.493 e. The van der Waals surface area contributed by atoms with Gasteiger partial charge in [-0.25, -0.2) is 46.1 Å². The van der Waals surface area contributed by atoms with E-state index in [-0.39, 0.29) is 67.5 Å². The van der Waals surface area contributed by atoms with Crippen LogP contribution >= 0.6 is 23.8 Å². The number of halogens is 4. The lowest BCUT2D eigenvalue weighted by molar-refractivity contribution is 0.0376. The number of alkyl halides is 2. The number of nitrogens with one attached hydrogen (secondary N) is 1. The number of nitrogens with zero attached hydrogens (tertiary/aromatic N) is 8. The van der Waals surface area contributed by atoms with Crippen LogP contribution in [-0.4, -0.2) is 121 Å². The topological polar surface area (TPSA) is 288 Å². The lowest BCUT2D eigenvalue weighted by Crippen LogP contribution is -2.19. The highest BCUT2D eigenvalue weighted by molar-refractivity contribution is 7.91. The highest BCUT2D eigenvalue weighted by Crippen LogP contribution is 2.33. The second kappa shape index (κ2) is 45.6. The number of rotatable bonds is 31. The largest absolute Gasteiger partial charge is 0.493 e. The highest BCUT2D eigenvalue weighted by atomic mass is 35.5. The van der Waals surface area contributed by atoms with Gasteiger partial charge in [-0.05, 0) is 151 Å². The smallest absolute Gasteiger partial charge is 0.250 e. The third kappa shape index (κ3) is 27.0. The molecule has 13 aromatic rings. The van der Waals surface area contributed by atoms with Gasteiger partial charge in [0.2, 0.25) is 30.0 Å². The predicted molar refractivity (Wildman–Crippen MR) is 464 cm³/mol. The molecular weight excluding hydrogens is 1640 g/mol. The van der Waals surface area contributed by atoms with Crippen molar-refractivity contribution >= 4 is 43.5 Å². The molecule has 7 aromatic carbocycles. The monoisotopic (exact) mass is 1730 g/mol. The van der Waals surface area contributed by atoms with E-state index >= 15 is 0 Å². The minimum atomic E-state index is -4.05. The summed E-state index contributed by atoms with van der Waals surface area (Å²) < 4.78 is 114. The van der Waals surface area contributed by atoms with Gasteiger partial charge in [0.15, 0.2) is 39.3 Å². The van der Waals surface area contributed by atoms with Gasteiger partial charge in [0.25, 0.3) is 16.7 Å². The molecule has 0 amide bonds. The van der Waals surface area contributed by atoms with Crippen LogP contribution in [0.2, 0.25) is 0 Å². The van der Waals surface area contributed by atoms with Gasteiger partial charge < -0.3 is 56.6 Å². The van der Waals surface area contributed by atoms with Crippen molar-refractivity contribution in [3.63, 3.8) is 0 Å². The number of ether oxygens (including phenoxy) is 8. The highest BCUT2D eigenvalue weighted by Gasteiger charge is 2.25. The van der Waals surface area contributed by atoms with Gasteiger partial charge in [0.1, 0.15) is 6.67 Å². The molecule has 1 N–H and O–H groups in total. The molecule has 2 atom stereocenters. The molecule has 0 saturated heterocycles. The van der Waals surface area contributed by atoms with Gasteiger partial charge in [-0.2, -0.15) is 0 Å². The van der Waals surface area contributed by atoms with Gasteiger partial charge >= 0.3 is 0 Å². The molecule has 0 fully saturated rings. The summed E-state index contributed by atoms with van der Waals surface area (Å²) in [7, 11) is 1.73. The molecular formula is C90H93ClF3N9O15S3. The molecule has 0 radical (unpaired) electrons. The number of hydrogen-bond acceptors (Lipinski definition) is 21. The first-order chi connectivity index (χ1) is 57.4. The van der Waals surface area contributed by atoms with E-state index in [4.69, 9.17) is 61.7 Å². The van der Waals surface area contributed by atoms with E-state index in [0.29, 0.717) is 94.0 Å². The van der Waals surface area contributed by atoms with Gasteiger partial charge in [-0.1, -0.05) is 140 Å². The van der Waals surface area contributed by atoms with Crippen LogP contribution in [0.1, 0.15) is 81.1 Å². The van der Waals surface area contributed by atoms with Crippen LogP contribution in [0.3, 0.4) is 0 Å². The maximum Gasteiger partial charge on any atom is 0.250 e. The molecule has 0 aliphatic heterocycles. The summed E-state index contributed by atoms with van der Waals surface area (Å²) >= 11 is 11.0. The van der Waals surface area contributed by atoms with Crippen molar-refractivity contribution in [1.29, 1.82) is 0 Å². The average Bonchev–Trinajstić information content (AvgIpc) is 1.21. The van der Waals surface area contributed by atoms with Crippen molar-refractivity contribution in [3.8, 4) is 68.3 Å². The Morgan fingerprint density at radius 1 is 0.430 bits per heavy atom. The Kier molecular flexibility index (Phi) is 35.5. The summed E-state index contributed by atoms with van der Waals surface area (Å²) in [5, 5.41) is -0.727. The molecule has 0 bridgehead atoms. The van der Waals surface area contributed by atoms with Gasteiger partial charge in [-0.15, -0.1) is 11.6 Å². The average molecular weight is 1730 g/mol. The first-order valence-electron chi connectivity index (χ1n) is 37.4. The molecule has 13 rings (SSSR count). The van der Waals surface area contributed by atoms with E-state index in [9.17, 15) is 35.6 Å². The quantitative estimate of drug-likeness (QED) is 0.0240. The molecule has 6 aromatic heterocycles. The molecule has 634 valence electrons. The summed E-state index contributed by atoms with van der Waals surface area (Å²) in [6.07, 6.45) is 6.57. The first-order valence-corrected chi connectivity index (χ1v) is 41.9. The Morgan fingerprint density at radius 3 is 1.17 bits per heavy atom. The molecule has 0 spiro atoms. The molecule has 31 heteroatoms. The number of aryl methyl sites for hydroxylation is 2. The van der Waals surface area contributed by atoms with Crippen LogP contribution in [0.5, 0.6) is 34.5 Å². The summed E-state index contributed by atoms with van der Waals surface area (Å²) in [4.78, 5) is 61.2. The standard InChI is InChI=1S/C35H34FN3O6S.C20H21N3O5S.C19H19N3O3S.C16H17ClO.2FH/c1-43-32-15-13-26(19-33(32)44-2)22-39-23-28(14-16-34(39)40)30-20-29(21-36)37-35(38-30)46(41,42)18-17-31(27-11-7-4-8-12-27)45-24-25-9-5-3-6-10-25;1-13-9-16(22-20(21-13)29(4,25)26)15-6-8-19(24)23(12-15)11-14-5-7-17(27-2)18(10-14)28-3;1-12-8-15(21-19(26)20-12)14-5-7-18(23)22(11-14)10-13-4-6-16(24-2)17(9-13)25-3;17-12-11-16(15-9-5-2-6-10-15)18-13-14-7-3-1-4-8-14;;/h3-16,19-20,23,31H,17-18,21-22,24H2,1-2H3;5-10,12H,11H2,1-4H3;4-9,11H,10H2,1-3H3,(H,20,21,26);1-10,16H,11-13H2;2*1H. The fourth-order valence-electron chi connectivity index (χ4n) is 12.4. The van der Waals surface area contributed by atoms with Crippen LogP contribution in [0, 0.1) is 18.6 Å². The van der Waals surface area contributed by atoms with Crippen molar-refractivity contribution in [2.45, 2.75) is 88.7 Å². The summed E-state index contributed by atoms with van der Waals surface area (Å²) in [5.74, 6) is 3.79. The summed E-state index contributed by atoms with van der Waals surface area (Å²) in [5.41, 5.74) is 10.7. The molecule has 6 heterocycles. The molecule has 0 saturated carbocycles. The van der Waals surface area contributed by atoms with E-state index in [1.807, 2.05) is 140 Å². The van der Waals surface area contributed by atoms with Crippen LogP contribution < -0.4 is 45.1 Å². The zero-order chi connectivity index (χ0) is 85.0. The third-order valence-corrected chi connectivity index (χ3v) is 21.2. The number of hydrogen-bond donors (Lipinski definition) is 1. The molecule has 24 nitrogen and oxygen atoms in total. The van der Waals surface area contributed by atoms with Crippen molar-refractivity contribution in [1.82, 2.24) is 43.6 Å². The van der Waals surface area contributed by atoms with E-state index in [1.54, 1.807) is 101 Å². The Hall–Kier alpha value is -12.5. The number of pyridine rings is 3. The second-order valence-corrected chi connectivity index (χ2v) is 31.7.